The van der Waals surface area contributed by atoms with Crippen LogP contribution in [0.15, 0.2) is 27.2 Å². The van der Waals surface area contributed by atoms with E-state index in [4.69, 9.17) is 9.47 Å². The molecular formula is C23H32N6O6S. The summed E-state index contributed by atoms with van der Waals surface area (Å²) in [4.78, 5) is 39.6. The highest BCUT2D eigenvalue weighted by Gasteiger charge is 2.29. The minimum Gasteiger partial charge on any atom is -0.477 e. The molecule has 1 amide bonds. The summed E-state index contributed by atoms with van der Waals surface area (Å²) < 4.78 is 38.6. The van der Waals surface area contributed by atoms with Crippen molar-refractivity contribution in [3.8, 4) is 0 Å². The number of allylic oxidation sites excluding steroid dienone is 1. The fourth-order valence-corrected chi connectivity index (χ4v) is 4.65. The van der Waals surface area contributed by atoms with Gasteiger partial charge in [0.15, 0.2) is 17.4 Å². The zero-order valence-corrected chi connectivity index (χ0v) is 22.0. The third-order valence-electron chi connectivity index (χ3n) is 5.82. The highest BCUT2D eigenvalue weighted by molar-refractivity contribution is 7.90. The number of carbonyl (C=O) groups is 1. The minimum absolute atomic E-state index is 0.101. The number of piperidine rings is 1. The van der Waals surface area contributed by atoms with E-state index in [-0.39, 0.29) is 33.9 Å². The molecule has 1 fully saturated rings. The fraction of sp³-hybridized carbons (Fsp3) is 0.609. The molecule has 13 heteroatoms. The number of aromatic nitrogens is 4. The van der Waals surface area contributed by atoms with Gasteiger partial charge in [0.05, 0.1) is 0 Å². The number of rotatable bonds is 4. The van der Waals surface area contributed by atoms with Gasteiger partial charge in [0.25, 0.3) is 5.56 Å². The molecule has 2 aliphatic heterocycles. The van der Waals surface area contributed by atoms with Crippen LogP contribution in [0.5, 0.6) is 0 Å². The van der Waals surface area contributed by atoms with E-state index in [2.05, 4.69) is 15.0 Å². The van der Waals surface area contributed by atoms with Crippen molar-refractivity contribution in [2.24, 2.45) is 4.99 Å². The van der Waals surface area contributed by atoms with Gasteiger partial charge in [0.1, 0.15) is 17.1 Å². The molecule has 2 aliphatic rings. The van der Waals surface area contributed by atoms with Gasteiger partial charge in [-0.15, -0.1) is 0 Å². The van der Waals surface area contributed by atoms with Gasteiger partial charge in [-0.3, -0.25) is 4.79 Å². The Balaban J connectivity index is 1.55. The van der Waals surface area contributed by atoms with Crippen molar-refractivity contribution >= 4 is 38.7 Å². The van der Waals surface area contributed by atoms with E-state index in [1.165, 1.54) is 15.6 Å². The molecule has 0 radical (unpaired) electrons. The van der Waals surface area contributed by atoms with Crippen LogP contribution in [0.4, 0.5) is 4.79 Å². The molecule has 0 aliphatic carbocycles. The van der Waals surface area contributed by atoms with Crippen LogP contribution in [0, 0.1) is 0 Å². The van der Waals surface area contributed by atoms with Crippen molar-refractivity contribution in [1.82, 2.24) is 24.2 Å². The van der Waals surface area contributed by atoms with Gasteiger partial charge in [0.2, 0.25) is 15.0 Å². The van der Waals surface area contributed by atoms with Crippen molar-refractivity contribution in [1.29, 1.82) is 0 Å². The zero-order chi connectivity index (χ0) is 26.3. The van der Waals surface area contributed by atoms with Gasteiger partial charge in [-0.1, -0.05) is 0 Å². The molecular weight excluding hydrogens is 488 g/mol. The standard InChI is InChI=1S/C23H32N6O6S/c1-6-28-20(30)16-14-24-21(36(5,32)33)26-19(16)29(28)17-8-7-9-18(25-17)34-15-10-12-27(13-11-15)22(31)35-23(2,3)4/h8,14-15H,6-7,9-13H2,1-5H3. The maximum atomic E-state index is 12.9. The fourth-order valence-electron chi connectivity index (χ4n) is 4.16. The van der Waals surface area contributed by atoms with Crippen molar-refractivity contribution < 1.29 is 22.7 Å². The zero-order valence-electron chi connectivity index (χ0n) is 21.2. The Morgan fingerprint density at radius 2 is 1.92 bits per heavy atom. The molecule has 0 atom stereocenters. The summed E-state index contributed by atoms with van der Waals surface area (Å²) in [7, 11) is -3.67. The average molecular weight is 521 g/mol. The molecule has 0 bridgehead atoms. The third-order valence-corrected chi connectivity index (χ3v) is 6.68. The second kappa shape index (κ2) is 9.68. The number of amides is 1. The quantitative estimate of drug-likeness (QED) is 0.560. The Bertz CT molecular complexity index is 1390. The van der Waals surface area contributed by atoms with E-state index < -0.39 is 15.4 Å². The van der Waals surface area contributed by atoms with Gasteiger partial charge in [0, 0.05) is 51.3 Å². The Hall–Kier alpha value is -3.22. The lowest BCUT2D eigenvalue weighted by Crippen LogP contribution is -2.43. The predicted molar refractivity (Wildman–Crippen MR) is 133 cm³/mol. The summed E-state index contributed by atoms with van der Waals surface area (Å²) in [6, 6.07) is 0. The lowest BCUT2D eigenvalue weighted by Gasteiger charge is -2.33. The lowest BCUT2D eigenvalue weighted by atomic mass is 10.1. The number of fused-ring (bicyclic) bond motifs is 1. The van der Waals surface area contributed by atoms with E-state index in [0.717, 1.165) is 6.26 Å². The van der Waals surface area contributed by atoms with Crippen LogP contribution in [0.3, 0.4) is 0 Å². The molecule has 0 N–H and O–H groups in total. The van der Waals surface area contributed by atoms with E-state index in [1.807, 2.05) is 33.8 Å². The maximum absolute atomic E-state index is 12.9. The number of likely N-dealkylation sites (tertiary alicyclic amines) is 1. The second-order valence-corrected chi connectivity index (χ2v) is 11.8. The smallest absolute Gasteiger partial charge is 0.410 e. The number of sulfone groups is 1. The molecule has 12 nitrogen and oxygen atoms in total. The van der Waals surface area contributed by atoms with Crippen molar-refractivity contribution in [2.75, 3.05) is 19.3 Å². The molecule has 0 spiro atoms. The van der Waals surface area contributed by atoms with Crippen LogP contribution >= 0.6 is 0 Å². The topological polar surface area (TPSA) is 138 Å². The van der Waals surface area contributed by atoms with Crippen molar-refractivity contribution in [3.05, 3.63) is 22.6 Å². The van der Waals surface area contributed by atoms with Gasteiger partial charge in [-0.05, 0) is 40.2 Å². The first-order chi connectivity index (χ1) is 16.9. The molecule has 36 heavy (non-hydrogen) atoms. The molecule has 4 heterocycles. The molecule has 0 unspecified atom stereocenters. The summed E-state index contributed by atoms with van der Waals surface area (Å²) in [6.45, 7) is 8.71. The van der Waals surface area contributed by atoms with Crippen LogP contribution < -0.4 is 5.56 Å². The van der Waals surface area contributed by atoms with E-state index in [9.17, 15) is 18.0 Å². The Morgan fingerprint density at radius 1 is 1.22 bits per heavy atom. The molecule has 0 aromatic carbocycles. The van der Waals surface area contributed by atoms with Gasteiger partial charge < -0.3 is 14.4 Å². The minimum atomic E-state index is -3.67. The van der Waals surface area contributed by atoms with E-state index in [0.29, 0.717) is 57.0 Å². The predicted octanol–water partition coefficient (Wildman–Crippen LogP) is 2.42. The van der Waals surface area contributed by atoms with Crippen LogP contribution in [-0.2, 0) is 25.9 Å². The molecule has 2 aromatic heterocycles. The van der Waals surface area contributed by atoms with Crippen molar-refractivity contribution in [2.45, 2.75) is 76.8 Å². The monoisotopic (exact) mass is 520 g/mol. The number of ether oxygens (including phenoxy) is 2. The van der Waals surface area contributed by atoms with Gasteiger partial charge in [-0.25, -0.2) is 27.6 Å². The number of hydrogen-bond acceptors (Lipinski definition) is 9. The van der Waals surface area contributed by atoms with Gasteiger partial charge in [-0.2, -0.15) is 9.98 Å². The Kier molecular flexibility index (Phi) is 6.95. The first-order valence-corrected chi connectivity index (χ1v) is 13.9. The Labute approximate surface area is 209 Å². The first-order valence-electron chi connectivity index (χ1n) is 12.0. The summed E-state index contributed by atoms with van der Waals surface area (Å²) in [5.74, 6) is 0.965. The van der Waals surface area contributed by atoms with Gasteiger partial charge >= 0.3 is 6.09 Å². The summed E-state index contributed by atoms with van der Waals surface area (Å²) in [5, 5.41) is -0.145. The largest absolute Gasteiger partial charge is 0.477 e. The van der Waals surface area contributed by atoms with E-state index >= 15 is 0 Å². The van der Waals surface area contributed by atoms with Crippen LogP contribution in [0.2, 0.25) is 0 Å². The summed E-state index contributed by atoms with van der Waals surface area (Å²) in [6.07, 6.45) is 6.22. The summed E-state index contributed by atoms with van der Waals surface area (Å²) in [5.41, 5.74) is -0.690. The molecule has 4 rings (SSSR count). The summed E-state index contributed by atoms with van der Waals surface area (Å²) >= 11 is 0. The van der Waals surface area contributed by atoms with Crippen LogP contribution in [0.1, 0.15) is 53.4 Å². The van der Waals surface area contributed by atoms with Crippen molar-refractivity contribution in [3.63, 3.8) is 0 Å². The van der Waals surface area contributed by atoms with Crippen LogP contribution in [-0.4, -0.2) is 75.7 Å². The molecule has 1 saturated heterocycles. The maximum Gasteiger partial charge on any atom is 0.410 e. The normalized spacial score (nSPS) is 17.6. The van der Waals surface area contributed by atoms with Crippen LogP contribution in [0.25, 0.3) is 16.9 Å². The average Bonchev–Trinajstić information content (AvgIpc) is 3.09. The highest BCUT2D eigenvalue weighted by atomic mass is 32.2. The number of aliphatic imine (C=N–C) groups is 1. The molecule has 196 valence electrons. The number of hydrogen-bond donors (Lipinski definition) is 0. The molecule has 2 aromatic rings. The highest BCUT2D eigenvalue weighted by Crippen LogP contribution is 2.24. The second-order valence-electron chi connectivity index (χ2n) is 9.89. The lowest BCUT2D eigenvalue weighted by molar-refractivity contribution is 0.0113. The first kappa shape index (κ1) is 25.9. The number of carbonyl (C=O) groups excluding carboxylic acids is 1. The van der Waals surface area contributed by atoms with E-state index in [1.54, 1.807) is 4.90 Å². The SMILES string of the molecule is CCn1c(=O)c2cnc(S(C)(=O)=O)nc2n1C1=CCCC(OC2CCN(C(=O)OC(C)(C)C)CC2)=N1. The Morgan fingerprint density at radius 3 is 2.53 bits per heavy atom. The molecule has 0 saturated carbocycles. The third kappa shape index (κ3) is 5.45. The number of nitrogens with zero attached hydrogens (tertiary/aromatic N) is 6.